The van der Waals surface area contributed by atoms with Gasteiger partial charge >= 0.3 is 5.97 Å². The maximum absolute atomic E-state index is 13.7. The minimum atomic E-state index is -2.22. The number of carbonyl (C=O) groups excluding carboxylic acids is 1. The van der Waals surface area contributed by atoms with Gasteiger partial charge in [-0.15, -0.1) is 12.4 Å². The molecule has 0 aromatic heterocycles. The summed E-state index contributed by atoms with van der Waals surface area (Å²) in [5.41, 5.74) is 4.59. The minimum Gasteiger partial charge on any atom is -0.506 e. The fraction of sp³-hybridized carbons (Fsp3) is 0.333. The van der Waals surface area contributed by atoms with Crippen molar-refractivity contribution < 1.29 is 23.4 Å². The average molecular weight is 307 g/mol. The molecule has 0 radical (unpaired) electrons. The maximum atomic E-state index is 13.7. The Bertz CT molecular complexity index is 534. The summed E-state index contributed by atoms with van der Waals surface area (Å²) < 4.78 is 31.3. The van der Waals surface area contributed by atoms with Gasteiger partial charge in [-0.1, -0.05) is 6.07 Å². The van der Waals surface area contributed by atoms with E-state index in [4.69, 9.17) is 11.0 Å². The third kappa shape index (κ3) is 3.56. The van der Waals surface area contributed by atoms with Crippen LogP contribution < -0.4 is 5.73 Å². The van der Waals surface area contributed by atoms with Gasteiger partial charge in [-0.2, -0.15) is 5.26 Å². The van der Waals surface area contributed by atoms with Gasteiger partial charge in [0.25, 0.3) is 0 Å². The van der Waals surface area contributed by atoms with Crippen molar-refractivity contribution in [1.82, 2.24) is 0 Å². The van der Waals surface area contributed by atoms with E-state index in [2.05, 4.69) is 4.74 Å². The van der Waals surface area contributed by atoms with E-state index in [1.807, 2.05) is 0 Å². The van der Waals surface area contributed by atoms with Gasteiger partial charge in [0.2, 0.25) is 6.17 Å². The molecule has 1 aromatic rings. The molecule has 1 aromatic carbocycles. The van der Waals surface area contributed by atoms with Crippen LogP contribution >= 0.6 is 12.4 Å². The van der Waals surface area contributed by atoms with E-state index in [1.54, 1.807) is 0 Å². The Morgan fingerprint density at radius 2 is 2.20 bits per heavy atom. The van der Waals surface area contributed by atoms with Crippen molar-refractivity contribution in [3.63, 3.8) is 0 Å². The van der Waals surface area contributed by atoms with E-state index >= 15 is 0 Å². The summed E-state index contributed by atoms with van der Waals surface area (Å²) in [6, 6.07) is 1.77. The molecular formula is C12H13ClF2N2O3. The van der Waals surface area contributed by atoms with Crippen molar-refractivity contribution in [3.8, 4) is 11.8 Å². The summed E-state index contributed by atoms with van der Waals surface area (Å²) in [6.07, 6.45) is -2.22. The van der Waals surface area contributed by atoms with E-state index in [0.717, 1.165) is 12.1 Å². The van der Waals surface area contributed by atoms with Crippen LogP contribution in [0, 0.1) is 17.1 Å². The van der Waals surface area contributed by atoms with Crippen LogP contribution in [0.4, 0.5) is 8.78 Å². The van der Waals surface area contributed by atoms with Crippen molar-refractivity contribution in [3.05, 3.63) is 29.1 Å². The Hall–Kier alpha value is -1.91. The first-order valence-electron chi connectivity index (χ1n) is 5.41. The highest BCUT2D eigenvalue weighted by Gasteiger charge is 2.30. The summed E-state index contributed by atoms with van der Waals surface area (Å²) >= 11 is 0. The van der Waals surface area contributed by atoms with E-state index in [0.29, 0.717) is 0 Å². The average Bonchev–Trinajstić information content (AvgIpc) is 2.38. The van der Waals surface area contributed by atoms with Gasteiger partial charge in [-0.05, 0) is 13.0 Å². The number of nitriles is 1. The summed E-state index contributed by atoms with van der Waals surface area (Å²) in [5.74, 6) is -2.92. The number of ether oxygens (including phenoxy) is 1. The molecule has 20 heavy (non-hydrogen) atoms. The first-order chi connectivity index (χ1) is 8.93. The predicted octanol–water partition coefficient (Wildman–Crippen LogP) is 1.73. The van der Waals surface area contributed by atoms with Crippen molar-refractivity contribution in [1.29, 1.82) is 5.26 Å². The molecule has 110 valence electrons. The summed E-state index contributed by atoms with van der Waals surface area (Å²) in [4.78, 5) is 11.2. The number of nitrogens with zero attached hydrogens (tertiary/aromatic N) is 1. The van der Waals surface area contributed by atoms with E-state index in [9.17, 15) is 18.7 Å². The lowest BCUT2D eigenvalue weighted by Crippen LogP contribution is -2.31. The predicted molar refractivity (Wildman–Crippen MR) is 68.5 cm³/mol. The molecule has 8 heteroatoms. The fourth-order valence-electron chi connectivity index (χ4n) is 1.48. The standard InChI is InChI=1S/C12H12F2N2O3.ClH/c1-2-19-12(18)9(14)10(16)6-3-4-8(13)7(5-15)11(6)17;/h3-4,9-10,17H,2,16H2,1H3;1H/t9?,10-;/m0./s1. The zero-order valence-corrected chi connectivity index (χ0v) is 11.3. The van der Waals surface area contributed by atoms with Gasteiger partial charge in [0.1, 0.15) is 23.2 Å². The van der Waals surface area contributed by atoms with Gasteiger partial charge in [0.15, 0.2) is 0 Å². The summed E-state index contributed by atoms with van der Waals surface area (Å²) in [5, 5.41) is 18.3. The van der Waals surface area contributed by atoms with Crippen LogP contribution in [0.5, 0.6) is 5.75 Å². The van der Waals surface area contributed by atoms with E-state index in [-0.39, 0.29) is 24.6 Å². The molecule has 3 N–H and O–H groups in total. The highest BCUT2D eigenvalue weighted by atomic mass is 35.5. The van der Waals surface area contributed by atoms with Crippen molar-refractivity contribution in [2.75, 3.05) is 6.61 Å². The molecule has 0 aliphatic carbocycles. The number of phenolic OH excluding ortho intramolecular Hbond substituents is 1. The van der Waals surface area contributed by atoms with Gasteiger partial charge < -0.3 is 15.6 Å². The molecule has 1 unspecified atom stereocenters. The minimum absolute atomic E-state index is 0. The van der Waals surface area contributed by atoms with Gasteiger partial charge in [-0.25, -0.2) is 13.6 Å². The summed E-state index contributed by atoms with van der Waals surface area (Å²) in [7, 11) is 0. The second-order valence-electron chi connectivity index (χ2n) is 3.65. The lowest BCUT2D eigenvalue weighted by molar-refractivity contribution is -0.149. The molecule has 0 heterocycles. The summed E-state index contributed by atoms with van der Waals surface area (Å²) in [6.45, 7) is 1.48. The second kappa shape index (κ2) is 7.62. The number of hydrogen-bond donors (Lipinski definition) is 2. The Labute approximate surface area is 120 Å². The SMILES string of the molecule is CCOC(=O)C(F)[C@@H](N)c1ccc(F)c(C#N)c1O.Cl. The van der Waals surface area contributed by atoms with Crippen LogP contribution in [-0.2, 0) is 9.53 Å². The fourth-order valence-corrected chi connectivity index (χ4v) is 1.48. The number of nitrogens with two attached hydrogens (primary N) is 1. The van der Waals surface area contributed by atoms with Crippen LogP contribution in [0.3, 0.4) is 0 Å². The van der Waals surface area contributed by atoms with Crippen molar-refractivity contribution >= 4 is 18.4 Å². The Kier molecular flexibility index (Phi) is 6.90. The normalized spacial score (nSPS) is 12.8. The zero-order chi connectivity index (χ0) is 14.6. The number of halogens is 3. The van der Waals surface area contributed by atoms with Crippen molar-refractivity contribution in [2.24, 2.45) is 5.73 Å². The molecule has 0 spiro atoms. The number of phenols is 1. The Morgan fingerprint density at radius 3 is 2.70 bits per heavy atom. The highest BCUT2D eigenvalue weighted by molar-refractivity contribution is 5.85. The molecular weight excluding hydrogens is 294 g/mol. The zero-order valence-electron chi connectivity index (χ0n) is 10.5. The first kappa shape index (κ1) is 18.1. The van der Waals surface area contributed by atoms with Crippen LogP contribution in [-0.4, -0.2) is 23.9 Å². The Morgan fingerprint density at radius 1 is 1.60 bits per heavy atom. The third-order valence-electron chi connectivity index (χ3n) is 2.46. The molecule has 0 aliphatic heterocycles. The highest BCUT2D eigenvalue weighted by Crippen LogP contribution is 2.31. The molecule has 0 fully saturated rings. The lowest BCUT2D eigenvalue weighted by Gasteiger charge is -2.17. The number of carbonyl (C=O) groups is 1. The van der Waals surface area contributed by atoms with Gasteiger partial charge in [-0.3, -0.25) is 0 Å². The van der Waals surface area contributed by atoms with Crippen molar-refractivity contribution in [2.45, 2.75) is 19.1 Å². The molecule has 0 bridgehead atoms. The Balaban J connectivity index is 0.00000361. The number of hydrogen-bond acceptors (Lipinski definition) is 5. The van der Waals surface area contributed by atoms with Gasteiger partial charge in [0.05, 0.1) is 12.6 Å². The number of alkyl halides is 1. The van der Waals surface area contributed by atoms with Crippen LogP contribution in [0.25, 0.3) is 0 Å². The first-order valence-corrected chi connectivity index (χ1v) is 5.41. The molecule has 0 saturated heterocycles. The maximum Gasteiger partial charge on any atom is 0.342 e. The molecule has 1 rings (SSSR count). The van der Waals surface area contributed by atoms with Gasteiger partial charge in [0, 0.05) is 5.56 Å². The number of esters is 1. The van der Waals surface area contributed by atoms with Crippen LogP contribution in [0.1, 0.15) is 24.1 Å². The van der Waals surface area contributed by atoms with Crippen LogP contribution in [0.2, 0.25) is 0 Å². The van der Waals surface area contributed by atoms with Crippen LogP contribution in [0.15, 0.2) is 12.1 Å². The smallest absolute Gasteiger partial charge is 0.342 e. The number of benzene rings is 1. The molecule has 0 amide bonds. The quantitative estimate of drug-likeness (QED) is 0.826. The monoisotopic (exact) mass is 306 g/mol. The third-order valence-corrected chi connectivity index (χ3v) is 2.46. The number of aromatic hydroxyl groups is 1. The van der Waals surface area contributed by atoms with E-state index < -0.39 is 35.3 Å². The molecule has 0 saturated carbocycles. The molecule has 2 atom stereocenters. The lowest BCUT2D eigenvalue weighted by atomic mass is 9.99. The second-order valence-corrected chi connectivity index (χ2v) is 3.65. The largest absolute Gasteiger partial charge is 0.506 e. The number of rotatable bonds is 4. The molecule has 0 aliphatic rings. The van der Waals surface area contributed by atoms with E-state index in [1.165, 1.54) is 13.0 Å². The topological polar surface area (TPSA) is 96.3 Å². The molecule has 5 nitrogen and oxygen atoms in total.